The highest BCUT2D eigenvalue weighted by molar-refractivity contribution is 5.74. The van der Waals surface area contributed by atoms with Gasteiger partial charge in [0.2, 0.25) is 0 Å². The van der Waals surface area contributed by atoms with Gasteiger partial charge in [0.25, 0.3) is 0 Å². The molecule has 0 aromatic carbocycles. The van der Waals surface area contributed by atoms with Crippen molar-refractivity contribution in [2.45, 2.75) is 51.8 Å². The van der Waals surface area contributed by atoms with Crippen LogP contribution in [0.3, 0.4) is 0 Å². The third kappa shape index (κ3) is 3.87. The molecular formula is C17H27N7O2. The van der Waals surface area contributed by atoms with Gasteiger partial charge in [-0.15, -0.1) is 10.2 Å². The number of carbonyl (C=O) groups is 1. The predicted octanol–water partition coefficient (Wildman–Crippen LogP) is 1.17. The highest BCUT2D eigenvalue weighted by atomic mass is 16.3. The molecule has 0 saturated carbocycles. The Labute approximate surface area is 153 Å². The van der Waals surface area contributed by atoms with Gasteiger partial charge in [0.1, 0.15) is 12.4 Å². The first-order valence-corrected chi connectivity index (χ1v) is 9.04. The molecule has 1 aliphatic rings. The molecule has 1 fully saturated rings. The van der Waals surface area contributed by atoms with E-state index in [2.05, 4.69) is 34.5 Å². The predicted molar refractivity (Wildman–Crippen MR) is 95.3 cm³/mol. The number of likely N-dealkylation sites (tertiary alicyclic amines) is 1. The van der Waals surface area contributed by atoms with Crippen molar-refractivity contribution in [1.82, 2.24) is 34.8 Å². The van der Waals surface area contributed by atoms with Crippen molar-refractivity contribution >= 4 is 6.03 Å². The van der Waals surface area contributed by atoms with Crippen molar-refractivity contribution in [3.63, 3.8) is 0 Å². The van der Waals surface area contributed by atoms with Crippen LogP contribution in [-0.4, -0.2) is 53.7 Å². The van der Waals surface area contributed by atoms with Gasteiger partial charge in [-0.1, -0.05) is 0 Å². The van der Waals surface area contributed by atoms with Crippen molar-refractivity contribution in [2.24, 2.45) is 7.05 Å². The molecule has 9 nitrogen and oxygen atoms in total. The molecule has 3 heterocycles. The van der Waals surface area contributed by atoms with E-state index >= 15 is 0 Å². The maximum Gasteiger partial charge on any atom is 0.317 e. The van der Waals surface area contributed by atoms with Crippen LogP contribution in [0.4, 0.5) is 4.79 Å². The smallest absolute Gasteiger partial charge is 0.317 e. The fourth-order valence-corrected chi connectivity index (χ4v) is 3.25. The fourth-order valence-electron chi connectivity index (χ4n) is 3.25. The zero-order valence-electron chi connectivity index (χ0n) is 15.6. The highest BCUT2D eigenvalue weighted by Crippen LogP contribution is 2.26. The minimum Gasteiger partial charge on any atom is -0.388 e. The van der Waals surface area contributed by atoms with E-state index in [1.807, 2.05) is 27.4 Å². The van der Waals surface area contributed by atoms with Crippen molar-refractivity contribution < 1.29 is 9.90 Å². The number of urea groups is 1. The first-order valence-electron chi connectivity index (χ1n) is 9.04. The van der Waals surface area contributed by atoms with Crippen LogP contribution in [0.2, 0.25) is 0 Å². The maximum atomic E-state index is 12.4. The van der Waals surface area contributed by atoms with Gasteiger partial charge in [0.05, 0.1) is 6.20 Å². The summed E-state index contributed by atoms with van der Waals surface area (Å²) >= 11 is 0. The summed E-state index contributed by atoms with van der Waals surface area (Å²) in [4.78, 5) is 14.2. The number of nitrogens with one attached hydrogen (secondary N) is 1. The molecule has 2 amide bonds. The second kappa shape index (κ2) is 7.86. The van der Waals surface area contributed by atoms with Crippen molar-refractivity contribution in [1.29, 1.82) is 0 Å². The standard InChI is InChI=1S/C17H27N7O2/c1-12(2)24-10-13(9-19-24)8-18-17(26)23-6-4-14(5-7-23)16-21-20-15(11-25)22(16)3/h9-10,12,14,25H,4-8,11H2,1-3H3,(H,18,26). The van der Waals surface area contributed by atoms with Crippen LogP contribution in [0.25, 0.3) is 0 Å². The molecule has 9 heteroatoms. The SMILES string of the molecule is CC(C)n1cc(CNC(=O)N2CCC(c3nnc(CO)n3C)CC2)cn1. The third-order valence-electron chi connectivity index (χ3n) is 4.92. The molecule has 1 saturated heterocycles. The summed E-state index contributed by atoms with van der Waals surface area (Å²) in [6.07, 6.45) is 5.44. The first kappa shape index (κ1) is 18.4. The number of rotatable bonds is 5. The third-order valence-corrected chi connectivity index (χ3v) is 4.92. The number of hydrogen-bond acceptors (Lipinski definition) is 5. The van der Waals surface area contributed by atoms with E-state index in [-0.39, 0.29) is 18.6 Å². The van der Waals surface area contributed by atoms with E-state index < -0.39 is 0 Å². The molecule has 0 unspecified atom stereocenters. The topological polar surface area (TPSA) is 101 Å². The Morgan fingerprint density at radius 1 is 1.35 bits per heavy atom. The van der Waals surface area contributed by atoms with Crippen LogP contribution in [0.15, 0.2) is 12.4 Å². The normalized spacial score (nSPS) is 15.7. The minimum absolute atomic E-state index is 0.0465. The number of aliphatic hydroxyl groups excluding tert-OH is 1. The highest BCUT2D eigenvalue weighted by Gasteiger charge is 2.27. The summed E-state index contributed by atoms with van der Waals surface area (Å²) in [7, 11) is 1.87. The summed E-state index contributed by atoms with van der Waals surface area (Å²) in [6, 6.07) is 0.264. The number of carbonyl (C=O) groups excluding carboxylic acids is 1. The maximum absolute atomic E-state index is 12.4. The molecule has 2 aromatic heterocycles. The van der Waals surface area contributed by atoms with E-state index in [1.54, 1.807) is 6.20 Å². The minimum atomic E-state index is -0.113. The molecule has 0 aliphatic carbocycles. The van der Waals surface area contributed by atoms with Crippen molar-refractivity contribution in [3.8, 4) is 0 Å². The number of aliphatic hydroxyl groups is 1. The molecule has 2 aromatic rings. The van der Waals surface area contributed by atoms with Crippen LogP contribution < -0.4 is 5.32 Å². The van der Waals surface area contributed by atoms with Crippen LogP contribution in [-0.2, 0) is 20.2 Å². The van der Waals surface area contributed by atoms with Gasteiger partial charge >= 0.3 is 6.03 Å². The lowest BCUT2D eigenvalue weighted by Crippen LogP contribution is -2.44. The Kier molecular flexibility index (Phi) is 5.55. The fraction of sp³-hybridized carbons (Fsp3) is 0.647. The lowest BCUT2D eigenvalue weighted by atomic mass is 9.96. The molecular weight excluding hydrogens is 334 g/mol. The molecule has 0 radical (unpaired) electrons. The zero-order chi connectivity index (χ0) is 18.7. The number of aromatic nitrogens is 5. The lowest BCUT2D eigenvalue weighted by Gasteiger charge is -2.31. The Morgan fingerprint density at radius 3 is 2.65 bits per heavy atom. The Bertz CT molecular complexity index is 744. The number of nitrogens with zero attached hydrogens (tertiary/aromatic N) is 6. The van der Waals surface area contributed by atoms with Crippen molar-refractivity contribution in [2.75, 3.05) is 13.1 Å². The van der Waals surface area contributed by atoms with E-state index in [1.165, 1.54) is 0 Å². The van der Waals surface area contributed by atoms with Crippen LogP contribution >= 0.6 is 0 Å². The number of hydrogen-bond donors (Lipinski definition) is 2. The van der Waals surface area contributed by atoms with Gasteiger partial charge in [0.15, 0.2) is 5.82 Å². The summed E-state index contributed by atoms with van der Waals surface area (Å²) in [5.74, 6) is 1.72. The van der Waals surface area contributed by atoms with E-state index in [4.69, 9.17) is 0 Å². The molecule has 0 atom stereocenters. The molecule has 2 N–H and O–H groups in total. The summed E-state index contributed by atoms with van der Waals surface area (Å²) in [5, 5.41) is 24.7. The van der Waals surface area contributed by atoms with E-state index in [0.29, 0.717) is 31.5 Å². The summed E-state index contributed by atoms with van der Waals surface area (Å²) in [6.45, 7) is 5.87. The van der Waals surface area contributed by atoms with Crippen molar-refractivity contribution in [3.05, 3.63) is 29.6 Å². The van der Waals surface area contributed by atoms with Crippen LogP contribution in [0.5, 0.6) is 0 Å². The average molecular weight is 361 g/mol. The van der Waals surface area contributed by atoms with E-state index in [0.717, 1.165) is 24.2 Å². The summed E-state index contributed by atoms with van der Waals surface area (Å²) < 4.78 is 3.74. The molecule has 142 valence electrons. The van der Waals surface area contributed by atoms with Gasteiger partial charge in [0, 0.05) is 50.4 Å². The second-order valence-corrected chi connectivity index (χ2v) is 7.03. The summed E-state index contributed by atoms with van der Waals surface area (Å²) in [5.41, 5.74) is 0.998. The van der Waals surface area contributed by atoms with Crippen LogP contribution in [0, 0.1) is 0 Å². The largest absolute Gasteiger partial charge is 0.388 e. The Hall–Kier alpha value is -2.42. The van der Waals surface area contributed by atoms with Gasteiger partial charge in [-0.3, -0.25) is 4.68 Å². The second-order valence-electron chi connectivity index (χ2n) is 7.03. The van der Waals surface area contributed by atoms with Crippen LogP contribution in [0.1, 0.15) is 55.9 Å². The van der Waals surface area contributed by atoms with Gasteiger partial charge in [-0.05, 0) is 26.7 Å². The Morgan fingerprint density at radius 2 is 2.08 bits per heavy atom. The first-order chi connectivity index (χ1) is 12.5. The van der Waals surface area contributed by atoms with E-state index in [9.17, 15) is 9.90 Å². The van der Waals surface area contributed by atoms with Gasteiger partial charge < -0.3 is 19.9 Å². The number of piperidine rings is 1. The molecule has 1 aliphatic heterocycles. The number of amides is 2. The molecule has 26 heavy (non-hydrogen) atoms. The van der Waals surface area contributed by atoms with Gasteiger partial charge in [-0.2, -0.15) is 5.10 Å². The quantitative estimate of drug-likeness (QED) is 0.833. The average Bonchev–Trinajstić information content (AvgIpc) is 3.26. The molecule has 3 rings (SSSR count). The molecule has 0 spiro atoms. The Balaban J connectivity index is 1.49. The van der Waals surface area contributed by atoms with Gasteiger partial charge in [-0.25, -0.2) is 4.79 Å². The lowest BCUT2D eigenvalue weighted by molar-refractivity contribution is 0.179. The monoisotopic (exact) mass is 361 g/mol. The zero-order valence-corrected chi connectivity index (χ0v) is 15.6. The molecule has 0 bridgehead atoms.